The molecule has 0 saturated heterocycles. The molecule has 1 aromatic heterocycles. The van der Waals surface area contributed by atoms with E-state index in [9.17, 15) is 4.79 Å². The van der Waals surface area contributed by atoms with Crippen LogP contribution in [0.5, 0.6) is 0 Å². The Bertz CT molecular complexity index is 697. The van der Waals surface area contributed by atoms with Crippen molar-refractivity contribution in [2.45, 2.75) is 19.4 Å². The Morgan fingerprint density at radius 1 is 1.35 bits per heavy atom. The van der Waals surface area contributed by atoms with Crippen LogP contribution in [0.2, 0.25) is 0 Å². The van der Waals surface area contributed by atoms with Crippen molar-refractivity contribution in [3.05, 3.63) is 66.0 Å². The minimum Gasteiger partial charge on any atom is -0.366 e. The molecule has 23 heavy (non-hydrogen) atoms. The van der Waals surface area contributed by atoms with E-state index in [1.54, 1.807) is 24.5 Å². The zero-order valence-corrected chi connectivity index (χ0v) is 13.3. The van der Waals surface area contributed by atoms with Gasteiger partial charge in [0.15, 0.2) is 0 Å². The van der Waals surface area contributed by atoms with Gasteiger partial charge < -0.3 is 10.2 Å². The van der Waals surface area contributed by atoms with Crippen molar-refractivity contribution in [2.24, 2.45) is 0 Å². The minimum absolute atomic E-state index is 0.0758. The number of pyridine rings is 1. The highest BCUT2D eigenvalue weighted by molar-refractivity contribution is 5.91. The van der Waals surface area contributed by atoms with Crippen LogP contribution in [0.3, 0.4) is 0 Å². The third-order valence-corrected chi connectivity index (χ3v) is 4.14. The number of rotatable bonds is 5. The molecule has 2 aromatic rings. The van der Waals surface area contributed by atoms with E-state index in [1.807, 2.05) is 12.1 Å². The van der Waals surface area contributed by atoms with E-state index >= 15 is 0 Å². The lowest BCUT2D eigenvalue weighted by molar-refractivity contribution is -0.116. The maximum Gasteiger partial charge on any atom is 0.244 e. The first-order chi connectivity index (χ1) is 11.2. The summed E-state index contributed by atoms with van der Waals surface area (Å²) in [6, 6.07) is 12.5. The molecule has 4 nitrogen and oxygen atoms in total. The summed E-state index contributed by atoms with van der Waals surface area (Å²) in [5.74, 6) is -0.0758. The van der Waals surface area contributed by atoms with Crippen molar-refractivity contribution < 1.29 is 4.79 Å². The number of para-hydroxylation sites is 1. The number of benzene rings is 1. The normalized spacial score (nSPS) is 14.7. The molecule has 0 aliphatic carbocycles. The summed E-state index contributed by atoms with van der Waals surface area (Å²) in [5.41, 5.74) is 3.60. The summed E-state index contributed by atoms with van der Waals surface area (Å²) in [6.45, 7) is 3.79. The Hall–Kier alpha value is -2.62. The summed E-state index contributed by atoms with van der Waals surface area (Å²) in [4.78, 5) is 18.3. The Balaban J connectivity index is 1.52. The first-order valence-electron chi connectivity index (χ1n) is 7.94. The highest BCUT2D eigenvalue weighted by atomic mass is 16.1. The second kappa shape index (κ2) is 7.09. The Morgan fingerprint density at radius 3 is 3.04 bits per heavy atom. The standard InChI is InChI=1S/C19H21N3O/c1-15(22-12-10-17-6-2-3-7-18(17)22)13-21-19(23)9-8-16-5-4-11-20-14-16/h2-9,11,14-15H,10,12-13H2,1H3,(H,21,23). The quantitative estimate of drug-likeness (QED) is 0.864. The van der Waals surface area contributed by atoms with E-state index in [2.05, 4.69) is 46.4 Å². The average Bonchev–Trinajstić information content (AvgIpc) is 3.03. The van der Waals surface area contributed by atoms with E-state index in [0.29, 0.717) is 6.54 Å². The van der Waals surface area contributed by atoms with Crippen LogP contribution in [0.4, 0.5) is 5.69 Å². The first kappa shape index (κ1) is 15.3. The van der Waals surface area contributed by atoms with Gasteiger partial charge in [0.2, 0.25) is 5.91 Å². The number of carbonyl (C=O) groups is 1. The highest BCUT2D eigenvalue weighted by Gasteiger charge is 2.22. The zero-order valence-electron chi connectivity index (χ0n) is 13.3. The fourth-order valence-electron chi connectivity index (χ4n) is 2.89. The van der Waals surface area contributed by atoms with Gasteiger partial charge in [0.25, 0.3) is 0 Å². The summed E-state index contributed by atoms with van der Waals surface area (Å²) in [5, 5.41) is 2.97. The summed E-state index contributed by atoms with van der Waals surface area (Å²) < 4.78 is 0. The molecule has 0 radical (unpaired) electrons. The number of amides is 1. The lowest BCUT2D eigenvalue weighted by Crippen LogP contribution is -2.41. The van der Waals surface area contributed by atoms with Crippen molar-refractivity contribution in [3.8, 4) is 0 Å². The average molecular weight is 307 g/mol. The summed E-state index contributed by atoms with van der Waals surface area (Å²) >= 11 is 0. The molecule has 1 unspecified atom stereocenters. The van der Waals surface area contributed by atoms with Gasteiger partial charge in [0.05, 0.1) is 0 Å². The Kier molecular flexibility index (Phi) is 4.71. The predicted octanol–water partition coefficient (Wildman–Crippen LogP) is 2.66. The fraction of sp³-hybridized carbons (Fsp3) is 0.263. The molecule has 1 aliphatic heterocycles. The molecule has 1 atom stereocenters. The van der Waals surface area contributed by atoms with E-state index in [0.717, 1.165) is 18.5 Å². The third-order valence-electron chi connectivity index (χ3n) is 4.14. The molecule has 1 amide bonds. The smallest absolute Gasteiger partial charge is 0.244 e. The van der Waals surface area contributed by atoms with Gasteiger partial charge in [-0.15, -0.1) is 0 Å². The van der Waals surface area contributed by atoms with Crippen molar-refractivity contribution in [1.82, 2.24) is 10.3 Å². The van der Waals surface area contributed by atoms with E-state index < -0.39 is 0 Å². The van der Waals surface area contributed by atoms with E-state index in [-0.39, 0.29) is 11.9 Å². The number of aromatic nitrogens is 1. The lowest BCUT2D eigenvalue weighted by atomic mass is 10.2. The van der Waals surface area contributed by atoms with Gasteiger partial charge in [-0.05, 0) is 42.7 Å². The van der Waals surface area contributed by atoms with Gasteiger partial charge in [0, 0.05) is 43.3 Å². The second-order valence-electron chi connectivity index (χ2n) is 5.79. The van der Waals surface area contributed by atoms with Gasteiger partial charge >= 0.3 is 0 Å². The Morgan fingerprint density at radius 2 is 2.22 bits per heavy atom. The third kappa shape index (κ3) is 3.77. The molecule has 0 saturated carbocycles. The van der Waals surface area contributed by atoms with Gasteiger partial charge in [-0.1, -0.05) is 24.3 Å². The van der Waals surface area contributed by atoms with Crippen molar-refractivity contribution >= 4 is 17.7 Å². The number of nitrogens with zero attached hydrogens (tertiary/aromatic N) is 2. The molecule has 4 heteroatoms. The molecule has 0 fully saturated rings. The molecule has 3 rings (SSSR count). The van der Waals surface area contributed by atoms with Crippen molar-refractivity contribution in [2.75, 3.05) is 18.0 Å². The van der Waals surface area contributed by atoms with E-state index in [4.69, 9.17) is 0 Å². The topological polar surface area (TPSA) is 45.2 Å². The highest BCUT2D eigenvalue weighted by Crippen LogP contribution is 2.28. The molecule has 2 heterocycles. The maximum atomic E-state index is 11.9. The Labute approximate surface area is 136 Å². The number of hydrogen-bond acceptors (Lipinski definition) is 3. The molecule has 1 aromatic carbocycles. The first-order valence-corrected chi connectivity index (χ1v) is 7.94. The van der Waals surface area contributed by atoms with Gasteiger partial charge in [-0.3, -0.25) is 9.78 Å². The van der Waals surface area contributed by atoms with Crippen molar-refractivity contribution in [1.29, 1.82) is 0 Å². The molecular formula is C19H21N3O. The van der Waals surface area contributed by atoms with Crippen LogP contribution in [-0.2, 0) is 11.2 Å². The van der Waals surface area contributed by atoms with Crippen LogP contribution in [0.15, 0.2) is 54.9 Å². The van der Waals surface area contributed by atoms with Crippen LogP contribution in [0.25, 0.3) is 6.08 Å². The van der Waals surface area contributed by atoms with Crippen LogP contribution >= 0.6 is 0 Å². The predicted molar refractivity (Wildman–Crippen MR) is 93.2 cm³/mol. The molecule has 0 bridgehead atoms. The summed E-state index contributed by atoms with van der Waals surface area (Å²) in [6.07, 6.45) is 7.86. The molecule has 118 valence electrons. The summed E-state index contributed by atoms with van der Waals surface area (Å²) in [7, 11) is 0. The largest absolute Gasteiger partial charge is 0.366 e. The van der Waals surface area contributed by atoms with Gasteiger partial charge in [-0.2, -0.15) is 0 Å². The molecular weight excluding hydrogens is 286 g/mol. The van der Waals surface area contributed by atoms with Crippen molar-refractivity contribution in [3.63, 3.8) is 0 Å². The van der Waals surface area contributed by atoms with E-state index in [1.165, 1.54) is 11.3 Å². The second-order valence-corrected chi connectivity index (χ2v) is 5.79. The number of hydrogen-bond donors (Lipinski definition) is 1. The van der Waals surface area contributed by atoms with Gasteiger partial charge in [-0.25, -0.2) is 0 Å². The lowest BCUT2D eigenvalue weighted by Gasteiger charge is -2.27. The number of anilines is 1. The number of fused-ring (bicyclic) bond motifs is 1. The van der Waals surface area contributed by atoms with Crippen LogP contribution in [-0.4, -0.2) is 30.0 Å². The van der Waals surface area contributed by atoms with Crippen LogP contribution in [0.1, 0.15) is 18.1 Å². The van der Waals surface area contributed by atoms with Crippen LogP contribution in [0, 0.1) is 0 Å². The van der Waals surface area contributed by atoms with Crippen LogP contribution < -0.4 is 10.2 Å². The zero-order chi connectivity index (χ0) is 16.1. The molecule has 1 N–H and O–H groups in total. The minimum atomic E-state index is -0.0758. The number of carbonyl (C=O) groups excluding carboxylic acids is 1. The van der Waals surface area contributed by atoms with Gasteiger partial charge in [0.1, 0.15) is 0 Å². The fourth-order valence-corrected chi connectivity index (χ4v) is 2.89. The SMILES string of the molecule is CC(CNC(=O)C=Cc1cccnc1)N1CCc2ccccc21. The maximum absolute atomic E-state index is 11.9. The molecule has 0 spiro atoms. The monoisotopic (exact) mass is 307 g/mol. The molecule has 1 aliphatic rings. The number of nitrogens with one attached hydrogen (secondary N) is 1.